The molecule has 3 fully saturated rings. The van der Waals surface area contributed by atoms with Crippen molar-refractivity contribution < 1.29 is 29.0 Å². The van der Waals surface area contributed by atoms with Gasteiger partial charge in [-0.05, 0) is 44.2 Å². The summed E-state index contributed by atoms with van der Waals surface area (Å²) in [5.41, 5.74) is -2.18. The molecule has 0 spiro atoms. The van der Waals surface area contributed by atoms with E-state index >= 15 is 0 Å². The van der Waals surface area contributed by atoms with Gasteiger partial charge in [-0.2, -0.15) is 0 Å². The van der Waals surface area contributed by atoms with Gasteiger partial charge in [0.1, 0.15) is 0 Å². The summed E-state index contributed by atoms with van der Waals surface area (Å²) < 4.78 is 10.6. The third kappa shape index (κ3) is 1.94. The number of carbonyl (C=O) groups excluding carboxylic acids is 2. The number of aryl methyl sites for hydroxylation is 1. The molecule has 6 nitrogen and oxygen atoms in total. The molecule has 2 N–H and O–H groups in total. The second kappa shape index (κ2) is 5.42. The molecule has 7 unspecified atom stereocenters. The van der Waals surface area contributed by atoms with Crippen LogP contribution in [0.4, 0.5) is 0 Å². The molecule has 1 aromatic rings. The molecule has 2 aliphatic carbocycles. The number of furan rings is 1. The number of rotatable bonds is 3. The molecule has 3 aliphatic rings. The zero-order valence-corrected chi connectivity index (χ0v) is 15.4. The quantitative estimate of drug-likeness (QED) is 0.797. The minimum atomic E-state index is -1.28. The van der Waals surface area contributed by atoms with Crippen LogP contribution in [-0.4, -0.2) is 39.8 Å². The second-order valence-electron chi connectivity index (χ2n) is 8.74. The molecule has 0 amide bonds. The number of hydrogen-bond donors (Lipinski definition) is 2. The van der Waals surface area contributed by atoms with Gasteiger partial charge in [-0.1, -0.05) is 13.8 Å². The molecule has 4 rings (SSSR count). The van der Waals surface area contributed by atoms with E-state index in [0.717, 1.165) is 5.56 Å². The van der Waals surface area contributed by atoms with Crippen LogP contribution in [0.25, 0.3) is 0 Å². The highest BCUT2D eigenvalue weighted by Gasteiger charge is 2.75. The standard InChI is InChI=1S/C20H26O6/c1-11-14(22)15-16-18(2,7-5-13(21)19(16,3)17(23)26-15)20(11,24)8-4-12-6-9-25-10-12/h6,9-11,13,15-16,21,24H,4-5,7-8H2,1-3H3. The monoisotopic (exact) mass is 362 g/mol. The Bertz CT molecular complexity index is 741. The van der Waals surface area contributed by atoms with Gasteiger partial charge in [-0.15, -0.1) is 0 Å². The lowest BCUT2D eigenvalue weighted by Gasteiger charge is -2.61. The molecule has 26 heavy (non-hydrogen) atoms. The zero-order valence-electron chi connectivity index (χ0n) is 15.4. The van der Waals surface area contributed by atoms with Crippen LogP contribution in [-0.2, 0) is 20.7 Å². The topological polar surface area (TPSA) is 97.0 Å². The van der Waals surface area contributed by atoms with Crippen LogP contribution in [0.15, 0.2) is 23.0 Å². The third-order valence-corrected chi connectivity index (χ3v) is 7.73. The number of esters is 1. The summed E-state index contributed by atoms with van der Waals surface area (Å²) in [5, 5.41) is 22.4. The van der Waals surface area contributed by atoms with Crippen LogP contribution < -0.4 is 0 Å². The summed E-state index contributed by atoms with van der Waals surface area (Å²) in [6.45, 7) is 5.37. The van der Waals surface area contributed by atoms with Gasteiger partial charge in [0.05, 0.1) is 29.6 Å². The van der Waals surface area contributed by atoms with Crippen molar-refractivity contribution in [3.63, 3.8) is 0 Å². The number of Topliss-reactive ketones (excluding diaryl/α,β-unsaturated/α-hetero) is 1. The molecule has 1 saturated heterocycles. The van der Waals surface area contributed by atoms with Crippen molar-refractivity contribution in [3.8, 4) is 0 Å². The Balaban J connectivity index is 1.78. The lowest BCUT2D eigenvalue weighted by atomic mass is 9.43. The minimum Gasteiger partial charge on any atom is -0.472 e. The van der Waals surface area contributed by atoms with E-state index in [2.05, 4.69) is 0 Å². The number of ether oxygens (including phenoxy) is 1. The van der Waals surface area contributed by atoms with E-state index in [-0.39, 0.29) is 5.78 Å². The largest absolute Gasteiger partial charge is 0.472 e. The average molecular weight is 362 g/mol. The predicted octanol–water partition coefficient (Wildman–Crippen LogP) is 1.87. The van der Waals surface area contributed by atoms with Crippen molar-refractivity contribution >= 4 is 11.8 Å². The third-order valence-electron chi connectivity index (χ3n) is 7.73. The Morgan fingerprint density at radius 1 is 1.31 bits per heavy atom. The van der Waals surface area contributed by atoms with E-state index in [0.29, 0.717) is 25.7 Å². The van der Waals surface area contributed by atoms with E-state index in [4.69, 9.17) is 9.15 Å². The minimum absolute atomic E-state index is 0.242. The number of ketones is 1. The van der Waals surface area contributed by atoms with Gasteiger partial charge in [0.25, 0.3) is 0 Å². The smallest absolute Gasteiger partial charge is 0.315 e. The van der Waals surface area contributed by atoms with Gasteiger partial charge in [0.2, 0.25) is 0 Å². The normalized spacial score (nSPS) is 47.6. The van der Waals surface area contributed by atoms with E-state index in [1.165, 1.54) is 0 Å². The molecule has 2 heterocycles. The Hall–Kier alpha value is -1.66. The molecule has 6 heteroatoms. The first-order chi connectivity index (χ1) is 12.2. The van der Waals surface area contributed by atoms with E-state index < -0.39 is 46.4 Å². The zero-order chi connectivity index (χ0) is 18.9. The van der Waals surface area contributed by atoms with Gasteiger partial charge < -0.3 is 19.4 Å². The van der Waals surface area contributed by atoms with Gasteiger partial charge in [-0.3, -0.25) is 9.59 Å². The fourth-order valence-electron chi connectivity index (χ4n) is 5.94. The molecule has 0 radical (unpaired) electrons. The van der Waals surface area contributed by atoms with E-state index in [9.17, 15) is 19.8 Å². The van der Waals surface area contributed by atoms with Crippen LogP contribution >= 0.6 is 0 Å². The van der Waals surface area contributed by atoms with Gasteiger partial charge in [-0.25, -0.2) is 0 Å². The van der Waals surface area contributed by atoms with Crippen LogP contribution in [0.5, 0.6) is 0 Å². The highest BCUT2D eigenvalue weighted by molar-refractivity contribution is 5.95. The van der Waals surface area contributed by atoms with Crippen molar-refractivity contribution in [1.82, 2.24) is 0 Å². The fourth-order valence-corrected chi connectivity index (χ4v) is 5.94. The first-order valence-corrected chi connectivity index (χ1v) is 9.32. The van der Waals surface area contributed by atoms with Crippen molar-refractivity contribution in [1.29, 1.82) is 0 Å². The molecule has 142 valence electrons. The molecule has 1 aromatic heterocycles. The number of carbonyl (C=O) groups is 2. The summed E-state index contributed by atoms with van der Waals surface area (Å²) in [6, 6.07) is 1.85. The number of aliphatic hydroxyl groups is 2. The summed E-state index contributed by atoms with van der Waals surface area (Å²) in [4.78, 5) is 25.6. The Kier molecular flexibility index (Phi) is 3.70. The first-order valence-electron chi connectivity index (χ1n) is 9.32. The van der Waals surface area contributed by atoms with Crippen molar-refractivity contribution in [2.75, 3.05) is 0 Å². The maximum atomic E-state index is 13.0. The fraction of sp³-hybridized carbons (Fsp3) is 0.700. The SMILES string of the molecule is CC1C(=O)C2OC(=O)C3(C)C(O)CCC(C)(C23)C1(O)CCc1ccoc1. The maximum Gasteiger partial charge on any atom is 0.315 e. The molecule has 0 bridgehead atoms. The Labute approximate surface area is 152 Å². The summed E-state index contributed by atoms with van der Waals surface area (Å²) in [5.74, 6) is -1.94. The van der Waals surface area contributed by atoms with Crippen LogP contribution in [0.2, 0.25) is 0 Å². The molecule has 0 aromatic carbocycles. The highest BCUT2D eigenvalue weighted by Crippen LogP contribution is 2.66. The van der Waals surface area contributed by atoms with Crippen LogP contribution in [0.3, 0.4) is 0 Å². The van der Waals surface area contributed by atoms with Crippen LogP contribution in [0.1, 0.15) is 45.6 Å². The molecule has 7 atom stereocenters. The van der Waals surface area contributed by atoms with E-state index in [1.807, 2.05) is 13.0 Å². The van der Waals surface area contributed by atoms with Gasteiger partial charge >= 0.3 is 5.97 Å². The summed E-state index contributed by atoms with van der Waals surface area (Å²) in [6.07, 6.45) is 3.39. The van der Waals surface area contributed by atoms with Crippen molar-refractivity contribution in [2.24, 2.45) is 22.7 Å². The lowest BCUT2D eigenvalue weighted by Crippen LogP contribution is -2.70. The van der Waals surface area contributed by atoms with Gasteiger partial charge in [0, 0.05) is 17.3 Å². The highest BCUT2D eigenvalue weighted by atomic mass is 16.6. The predicted molar refractivity (Wildman–Crippen MR) is 91.0 cm³/mol. The summed E-state index contributed by atoms with van der Waals surface area (Å²) >= 11 is 0. The van der Waals surface area contributed by atoms with Gasteiger partial charge in [0.15, 0.2) is 11.9 Å². The lowest BCUT2D eigenvalue weighted by molar-refractivity contribution is -0.225. The molecule has 1 aliphatic heterocycles. The number of hydrogen-bond acceptors (Lipinski definition) is 6. The van der Waals surface area contributed by atoms with Crippen molar-refractivity contribution in [2.45, 2.75) is 64.3 Å². The van der Waals surface area contributed by atoms with E-state index in [1.54, 1.807) is 26.4 Å². The summed E-state index contributed by atoms with van der Waals surface area (Å²) in [7, 11) is 0. The Morgan fingerprint density at radius 3 is 2.69 bits per heavy atom. The molecular formula is C20H26O6. The Morgan fingerprint density at radius 2 is 2.04 bits per heavy atom. The molecular weight excluding hydrogens is 336 g/mol. The maximum absolute atomic E-state index is 13.0. The van der Waals surface area contributed by atoms with Crippen molar-refractivity contribution in [3.05, 3.63) is 24.2 Å². The average Bonchev–Trinajstić information content (AvgIpc) is 3.22. The second-order valence-corrected chi connectivity index (χ2v) is 8.74. The first kappa shape index (κ1) is 17.7. The number of aliphatic hydroxyl groups excluding tert-OH is 1. The molecule has 2 saturated carbocycles. The van der Waals surface area contributed by atoms with Crippen LogP contribution in [0, 0.1) is 22.7 Å².